The quantitative estimate of drug-likeness (QED) is 0.866. The Morgan fingerprint density at radius 2 is 2.42 bits per heavy atom. The van der Waals surface area contributed by atoms with Crippen molar-refractivity contribution in [3.8, 4) is 0 Å². The van der Waals surface area contributed by atoms with Gasteiger partial charge in [-0.1, -0.05) is 6.07 Å². The first-order valence-corrected chi connectivity index (χ1v) is 6.69. The number of hydrogen-bond acceptors (Lipinski definition) is 5. The average molecular weight is 261 g/mol. The van der Waals surface area contributed by atoms with Gasteiger partial charge in [-0.25, -0.2) is 4.98 Å². The molecule has 0 bridgehead atoms. The average Bonchev–Trinajstić information content (AvgIpc) is 2.79. The third-order valence-corrected chi connectivity index (χ3v) is 3.28. The summed E-state index contributed by atoms with van der Waals surface area (Å²) < 4.78 is 11.0. The van der Waals surface area contributed by atoms with Crippen LogP contribution in [0.5, 0.6) is 0 Å². The molecule has 102 valence electrons. The summed E-state index contributed by atoms with van der Waals surface area (Å²) in [5.41, 5.74) is 2.99. The molecular formula is C14H19N3O2. The van der Waals surface area contributed by atoms with E-state index in [0.29, 0.717) is 11.9 Å². The minimum atomic E-state index is 0.407. The van der Waals surface area contributed by atoms with Crippen molar-refractivity contribution in [1.82, 2.24) is 15.6 Å². The molecule has 2 aromatic rings. The molecule has 2 heterocycles. The predicted octanol–water partition coefficient (Wildman–Crippen LogP) is 1.21. The van der Waals surface area contributed by atoms with Crippen molar-refractivity contribution in [1.29, 1.82) is 0 Å². The fourth-order valence-corrected chi connectivity index (χ4v) is 2.34. The Bertz CT molecular complexity index is 547. The third kappa shape index (κ3) is 3.12. The van der Waals surface area contributed by atoms with Gasteiger partial charge in [0.2, 0.25) is 0 Å². The molecule has 0 spiro atoms. The largest absolute Gasteiger partial charge is 0.441 e. The monoisotopic (exact) mass is 261 g/mol. The number of benzene rings is 1. The van der Waals surface area contributed by atoms with E-state index in [1.807, 2.05) is 19.1 Å². The molecule has 2 N–H and O–H groups in total. The van der Waals surface area contributed by atoms with Gasteiger partial charge >= 0.3 is 0 Å². The molecule has 0 amide bonds. The van der Waals surface area contributed by atoms with Crippen LogP contribution in [0.1, 0.15) is 11.5 Å². The topological polar surface area (TPSA) is 59.3 Å². The zero-order chi connectivity index (χ0) is 13.1. The molecule has 3 rings (SSSR count). The van der Waals surface area contributed by atoms with E-state index >= 15 is 0 Å². The first kappa shape index (κ1) is 12.6. The summed E-state index contributed by atoms with van der Waals surface area (Å²) in [5.74, 6) is 0.712. The SMILES string of the molecule is Cc1nc2ccc(CNCC3COCCN3)cc2o1. The number of fused-ring (bicyclic) bond motifs is 1. The maximum atomic E-state index is 5.53. The van der Waals surface area contributed by atoms with Crippen molar-refractivity contribution >= 4 is 11.1 Å². The lowest BCUT2D eigenvalue weighted by molar-refractivity contribution is 0.0766. The van der Waals surface area contributed by atoms with Gasteiger partial charge in [0.15, 0.2) is 11.5 Å². The number of aromatic nitrogens is 1. The van der Waals surface area contributed by atoms with Crippen LogP contribution in [0, 0.1) is 6.92 Å². The summed E-state index contributed by atoms with van der Waals surface area (Å²) in [6, 6.07) is 6.55. The number of rotatable bonds is 4. The zero-order valence-electron chi connectivity index (χ0n) is 11.1. The van der Waals surface area contributed by atoms with Gasteiger partial charge in [0.05, 0.1) is 13.2 Å². The van der Waals surface area contributed by atoms with E-state index in [0.717, 1.165) is 43.9 Å². The number of oxazole rings is 1. The van der Waals surface area contributed by atoms with E-state index < -0.39 is 0 Å². The Morgan fingerprint density at radius 3 is 3.26 bits per heavy atom. The van der Waals surface area contributed by atoms with E-state index in [-0.39, 0.29) is 0 Å². The highest BCUT2D eigenvalue weighted by Gasteiger charge is 2.12. The van der Waals surface area contributed by atoms with Crippen molar-refractivity contribution in [2.45, 2.75) is 19.5 Å². The highest BCUT2D eigenvalue weighted by Crippen LogP contribution is 2.16. The van der Waals surface area contributed by atoms with Gasteiger partial charge < -0.3 is 19.8 Å². The summed E-state index contributed by atoms with van der Waals surface area (Å²) in [6.07, 6.45) is 0. The normalized spacial score (nSPS) is 19.9. The molecule has 0 saturated carbocycles. The minimum Gasteiger partial charge on any atom is -0.441 e. The van der Waals surface area contributed by atoms with E-state index in [4.69, 9.17) is 9.15 Å². The molecule has 1 aromatic heterocycles. The van der Waals surface area contributed by atoms with Gasteiger partial charge in [-0.15, -0.1) is 0 Å². The second kappa shape index (κ2) is 5.69. The van der Waals surface area contributed by atoms with Crippen molar-refractivity contribution < 1.29 is 9.15 Å². The van der Waals surface area contributed by atoms with Crippen LogP contribution >= 0.6 is 0 Å². The second-order valence-electron chi connectivity index (χ2n) is 4.89. The Kier molecular flexibility index (Phi) is 3.77. The number of morpholine rings is 1. The van der Waals surface area contributed by atoms with Crippen molar-refractivity contribution in [3.05, 3.63) is 29.7 Å². The van der Waals surface area contributed by atoms with Gasteiger partial charge in [-0.2, -0.15) is 0 Å². The van der Waals surface area contributed by atoms with Crippen LogP contribution in [-0.4, -0.2) is 37.3 Å². The highest BCUT2D eigenvalue weighted by molar-refractivity contribution is 5.73. The molecule has 5 nitrogen and oxygen atoms in total. The maximum Gasteiger partial charge on any atom is 0.192 e. The van der Waals surface area contributed by atoms with Crippen molar-refractivity contribution in [2.24, 2.45) is 0 Å². The first-order valence-electron chi connectivity index (χ1n) is 6.69. The molecule has 1 aliphatic rings. The van der Waals surface area contributed by atoms with Gasteiger partial charge in [0, 0.05) is 32.6 Å². The molecule has 0 radical (unpaired) electrons. The predicted molar refractivity (Wildman–Crippen MR) is 73.1 cm³/mol. The number of nitrogens with zero attached hydrogens (tertiary/aromatic N) is 1. The van der Waals surface area contributed by atoms with Crippen LogP contribution in [0.15, 0.2) is 22.6 Å². The van der Waals surface area contributed by atoms with Crippen LogP contribution in [-0.2, 0) is 11.3 Å². The van der Waals surface area contributed by atoms with E-state index in [1.165, 1.54) is 5.56 Å². The highest BCUT2D eigenvalue weighted by atomic mass is 16.5. The van der Waals surface area contributed by atoms with Gasteiger partial charge in [-0.05, 0) is 17.7 Å². The molecular weight excluding hydrogens is 242 g/mol. The Balaban J connectivity index is 1.55. The van der Waals surface area contributed by atoms with Crippen LogP contribution in [0.4, 0.5) is 0 Å². The smallest absolute Gasteiger partial charge is 0.192 e. The Morgan fingerprint density at radius 1 is 1.47 bits per heavy atom. The molecule has 1 unspecified atom stereocenters. The Hall–Kier alpha value is -1.43. The molecule has 1 atom stereocenters. The van der Waals surface area contributed by atoms with Gasteiger partial charge in [-0.3, -0.25) is 0 Å². The molecule has 1 fully saturated rings. The lowest BCUT2D eigenvalue weighted by atomic mass is 10.2. The number of ether oxygens (including phenoxy) is 1. The van der Waals surface area contributed by atoms with E-state index in [2.05, 4.69) is 21.7 Å². The van der Waals surface area contributed by atoms with Crippen molar-refractivity contribution in [2.75, 3.05) is 26.3 Å². The summed E-state index contributed by atoms with van der Waals surface area (Å²) in [6.45, 7) is 6.15. The number of nitrogens with one attached hydrogen (secondary N) is 2. The fraction of sp³-hybridized carbons (Fsp3) is 0.500. The lowest BCUT2D eigenvalue weighted by Gasteiger charge is -2.24. The number of aryl methyl sites for hydroxylation is 1. The Labute approximate surface area is 112 Å². The molecule has 1 saturated heterocycles. The molecule has 1 aliphatic heterocycles. The number of hydrogen-bond donors (Lipinski definition) is 2. The molecule has 1 aromatic carbocycles. The molecule has 0 aliphatic carbocycles. The fourth-order valence-electron chi connectivity index (χ4n) is 2.34. The van der Waals surface area contributed by atoms with Crippen LogP contribution in [0.2, 0.25) is 0 Å². The third-order valence-electron chi connectivity index (χ3n) is 3.28. The van der Waals surface area contributed by atoms with Crippen molar-refractivity contribution in [3.63, 3.8) is 0 Å². The molecule has 19 heavy (non-hydrogen) atoms. The lowest BCUT2D eigenvalue weighted by Crippen LogP contribution is -2.47. The standard InChI is InChI=1S/C14H19N3O2/c1-10-17-13-3-2-11(6-14(13)19-10)7-15-8-12-9-18-5-4-16-12/h2-3,6,12,15-16H,4-5,7-9H2,1H3. The van der Waals surface area contributed by atoms with Crippen LogP contribution < -0.4 is 10.6 Å². The van der Waals surface area contributed by atoms with E-state index in [9.17, 15) is 0 Å². The summed E-state index contributed by atoms with van der Waals surface area (Å²) in [4.78, 5) is 4.29. The summed E-state index contributed by atoms with van der Waals surface area (Å²) >= 11 is 0. The van der Waals surface area contributed by atoms with Crippen LogP contribution in [0.3, 0.4) is 0 Å². The van der Waals surface area contributed by atoms with Crippen LogP contribution in [0.25, 0.3) is 11.1 Å². The zero-order valence-corrected chi connectivity index (χ0v) is 11.1. The summed E-state index contributed by atoms with van der Waals surface area (Å²) in [7, 11) is 0. The van der Waals surface area contributed by atoms with Gasteiger partial charge in [0.25, 0.3) is 0 Å². The van der Waals surface area contributed by atoms with Gasteiger partial charge in [0.1, 0.15) is 5.52 Å². The molecule has 5 heteroatoms. The minimum absolute atomic E-state index is 0.407. The van der Waals surface area contributed by atoms with E-state index in [1.54, 1.807) is 0 Å². The maximum absolute atomic E-state index is 5.53. The second-order valence-corrected chi connectivity index (χ2v) is 4.89. The summed E-state index contributed by atoms with van der Waals surface area (Å²) in [5, 5.41) is 6.86. The first-order chi connectivity index (χ1) is 9.31.